The third-order valence-corrected chi connectivity index (χ3v) is 3.13. The second-order valence-corrected chi connectivity index (χ2v) is 4.46. The average Bonchev–Trinajstić information content (AvgIpc) is 2.98. The van der Waals surface area contributed by atoms with Crippen LogP contribution < -0.4 is 5.32 Å². The summed E-state index contributed by atoms with van der Waals surface area (Å²) < 4.78 is 1.87. The Hall–Kier alpha value is -0.900. The lowest BCUT2D eigenvalue weighted by Gasteiger charge is -2.14. The Balaban J connectivity index is 1.81. The van der Waals surface area contributed by atoms with Crippen LogP contribution >= 0.6 is 0 Å². The van der Waals surface area contributed by atoms with E-state index in [0.29, 0.717) is 5.92 Å². The zero-order chi connectivity index (χ0) is 10.7. The molecular weight excluding hydrogens is 188 g/mol. The fourth-order valence-electron chi connectivity index (χ4n) is 1.74. The molecule has 0 aliphatic heterocycles. The number of nitrogens with one attached hydrogen (secondary N) is 1. The molecule has 1 aliphatic rings. The van der Waals surface area contributed by atoms with Crippen molar-refractivity contribution >= 4 is 0 Å². The highest BCUT2D eigenvalue weighted by atomic mass is 15.3. The Labute approximate surface area is 91.1 Å². The van der Waals surface area contributed by atoms with Crippen LogP contribution in [-0.4, -0.2) is 27.4 Å². The minimum Gasteiger partial charge on any atom is -0.314 e. The fraction of sp³-hybridized carbons (Fsp3) is 0.818. The smallest absolute Gasteiger partial charge is 0.138 e. The summed E-state index contributed by atoms with van der Waals surface area (Å²) in [7, 11) is 1.96. The molecule has 0 radical (unpaired) electrons. The third-order valence-electron chi connectivity index (χ3n) is 3.13. The predicted octanol–water partition coefficient (Wildman–Crippen LogP) is 1.14. The zero-order valence-electron chi connectivity index (χ0n) is 9.61. The fourth-order valence-corrected chi connectivity index (χ4v) is 1.74. The maximum atomic E-state index is 4.27. The molecule has 1 unspecified atom stereocenters. The first-order chi connectivity index (χ1) is 7.29. The predicted molar refractivity (Wildman–Crippen MR) is 59.5 cm³/mol. The first kappa shape index (κ1) is 10.6. The number of aryl methyl sites for hydroxylation is 1. The number of nitrogens with zero attached hydrogens (tertiary/aromatic N) is 3. The van der Waals surface area contributed by atoms with Gasteiger partial charge in [0.05, 0.1) is 0 Å². The lowest BCUT2D eigenvalue weighted by molar-refractivity contribution is 0.442. The quantitative estimate of drug-likeness (QED) is 0.762. The maximum absolute atomic E-state index is 4.27. The highest BCUT2D eigenvalue weighted by molar-refractivity contribution is 4.88. The van der Waals surface area contributed by atoms with Gasteiger partial charge < -0.3 is 5.32 Å². The molecule has 1 saturated carbocycles. The van der Waals surface area contributed by atoms with Crippen molar-refractivity contribution in [2.24, 2.45) is 13.0 Å². The van der Waals surface area contributed by atoms with Crippen LogP contribution in [-0.2, 0) is 13.5 Å². The van der Waals surface area contributed by atoms with Gasteiger partial charge in [0.1, 0.15) is 12.2 Å². The summed E-state index contributed by atoms with van der Waals surface area (Å²) in [5.74, 6) is 1.79. The molecule has 1 aromatic heterocycles. The maximum Gasteiger partial charge on any atom is 0.138 e. The molecule has 1 heterocycles. The van der Waals surface area contributed by atoms with Gasteiger partial charge in [0, 0.05) is 19.5 Å². The molecular formula is C11H20N4. The zero-order valence-corrected chi connectivity index (χ0v) is 9.61. The van der Waals surface area contributed by atoms with E-state index in [1.165, 1.54) is 19.3 Å². The Morgan fingerprint density at radius 1 is 1.60 bits per heavy atom. The highest BCUT2D eigenvalue weighted by Crippen LogP contribution is 2.19. The van der Waals surface area contributed by atoms with Crippen LogP contribution in [0, 0.1) is 5.92 Å². The normalized spacial score (nSPS) is 18.0. The van der Waals surface area contributed by atoms with Crippen molar-refractivity contribution in [3.05, 3.63) is 12.2 Å². The molecule has 0 spiro atoms. The van der Waals surface area contributed by atoms with Crippen LogP contribution in [0.4, 0.5) is 0 Å². The molecule has 0 aromatic carbocycles. The summed E-state index contributed by atoms with van der Waals surface area (Å²) in [5.41, 5.74) is 0. The topological polar surface area (TPSA) is 42.7 Å². The van der Waals surface area contributed by atoms with Gasteiger partial charge in [0.15, 0.2) is 0 Å². The van der Waals surface area contributed by atoms with Gasteiger partial charge in [-0.2, -0.15) is 5.10 Å². The largest absolute Gasteiger partial charge is 0.314 e. The van der Waals surface area contributed by atoms with Crippen molar-refractivity contribution in [2.45, 2.75) is 38.6 Å². The molecule has 0 saturated heterocycles. The van der Waals surface area contributed by atoms with Crippen LogP contribution in [0.25, 0.3) is 0 Å². The number of hydrogen-bond acceptors (Lipinski definition) is 3. The molecule has 4 heteroatoms. The van der Waals surface area contributed by atoms with Gasteiger partial charge in [-0.05, 0) is 25.3 Å². The van der Waals surface area contributed by atoms with E-state index in [-0.39, 0.29) is 0 Å². The minimum atomic E-state index is 0.688. The SMILES string of the molecule is CCC(CNC1CC1)Cc1ncnn1C. The Kier molecular flexibility index (Phi) is 3.36. The monoisotopic (exact) mass is 208 g/mol. The van der Waals surface area contributed by atoms with Crippen molar-refractivity contribution in [3.63, 3.8) is 0 Å². The van der Waals surface area contributed by atoms with Crippen LogP contribution in [0.2, 0.25) is 0 Å². The van der Waals surface area contributed by atoms with E-state index in [1.54, 1.807) is 6.33 Å². The Morgan fingerprint density at radius 3 is 2.93 bits per heavy atom. The molecule has 0 amide bonds. The van der Waals surface area contributed by atoms with Gasteiger partial charge in [-0.3, -0.25) is 4.68 Å². The van der Waals surface area contributed by atoms with E-state index in [1.807, 2.05) is 11.7 Å². The number of rotatable bonds is 6. The molecule has 1 aromatic rings. The molecule has 15 heavy (non-hydrogen) atoms. The molecule has 4 nitrogen and oxygen atoms in total. The summed E-state index contributed by atoms with van der Waals surface area (Å²) >= 11 is 0. The second kappa shape index (κ2) is 4.75. The van der Waals surface area contributed by atoms with E-state index in [4.69, 9.17) is 0 Å². The van der Waals surface area contributed by atoms with Crippen molar-refractivity contribution in [3.8, 4) is 0 Å². The molecule has 1 N–H and O–H groups in total. The molecule has 84 valence electrons. The van der Waals surface area contributed by atoms with Crippen molar-refractivity contribution in [1.29, 1.82) is 0 Å². The summed E-state index contributed by atoms with van der Waals surface area (Å²) in [6.45, 7) is 3.36. The molecule has 0 bridgehead atoms. The number of hydrogen-bond donors (Lipinski definition) is 1. The summed E-state index contributed by atoms with van der Waals surface area (Å²) in [6.07, 6.45) is 6.59. The standard InChI is InChI=1S/C11H20N4/c1-3-9(7-12-10-4-5-10)6-11-13-8-14-15(11)2/h8-10,12H,3-7H2,1-2H3. The summed E-state index contributed by atoms with van der Waals surface area (Å²) in [5, 5.41) is 7.68. The second-order valence-electron chi connectivity index (χ2n) is 4.46. The first-order valence-corrected chi connectivity index (χ1v) is 5.85. The van der Waals surface area contributed by atoms with Crippen molar-refractivity contribution in [2.75, 3.05) is 6.54 Å². The van der Waals surface area contributed by atoms with Crippen LogP contribution in [0.5, 0.6) is 0 Å². The van der Waals surface area contributed by atoms with E-state index in [9.17, 15) is 0 Å². The lowest BCUT2D eigenvalue weighted by atomic mass is 10.0. The molecule has 1 fully saturated rings. The van der Waals surface area contributed by atoms with Crippen LogP contribution in [0.1, 0.15) is 32.0 Å². The summed E-state index contributed by atoms with van der Waals surface area (Å²) in [6, 6.07) is 0.804. The third kappa shape index (κ3) is 3.02. The van der Waals surface area contributed by atoms with Crippen LogP contribution in [0.3, 0.4) is 0 Å². The average molecular weight is 208 g/mol. The van der Waals surface area contributed by atoms with Gasteiger partial charge in [0.2, 0.25) is 0 Å². The first-order valence-electron chi connectivity index (χ1n) is 5.85. The summed E-state index contributed by atoms with van der Waals surface area (Å²) in [4.78, 5) is 4.27. The van der Waals surface area contributed by atoms with Gasteiger partial charge in [-0.25, -0.2) is 4.98 Å². The van der Waals surface area contributed by atoms with Crippen LogP contribution in [0.15, 0.2) is 6.33 Å². The lowest BCUT2D eigenvalue weighted by Crippen LogP contribution is -2.26. The van der Waals surface area contributed by atoms with Gasteiger partial charge >= 0.3 is 0 Å². The van der Waals surface area contributed by atoms with Gasteiger partial charge in [-0.1, -0.05) is 13.3 Å². The van der Waals surface area contributed by atoms with Crippen molar-refractivity contribution < 1.29 is 0 Å². The van der Waals surface area contributed by atoms with E-state index in [2.05, 4.69) is 22.3 Å². The van der Waals surface area contributed by atoms with E-state index >= 15 is 0 Å². The number of aromatic nitrogens is 3. The van der Waals surface area contributed by atoms with E-state index in [0.717, 1.165) is 24.8 Å². The Morgan fingerprint density at radius 2 is 2.40 bits per heavy atom. The molecule has 2 rings (SSSR count). The van der Waals surface area contributed by atoms with Gasteiger partial charge in [0.25, 0.3) is 0 Å². The highest BCUT2D eigenvalue weighted by Gasteiger charge is 2.21. The molecule has 1 aliphatic carbocycles. The molecule has 1 atom stereocenters. The van der Waals surface area contributed by atoms with E-state index < -0.39 is 0 Å². The van der Waals surface area contributed by atoms with Crippen molar-refractivity contribution in [1.82, 2.24) is 20.1 Å². The Bertz CT molecular complexity index is 303. The van der Waals surface area contributed by atoms with Gasteiger partial charge in [-0.15, -0.1) is 0 Å². The minimum absolute atomic E-state index is 0.688.